The Morgan fingerprint density at radius 1 is 1.12 bits per heavy atom. The van der Waals surface area contributed by atoms with Crippen LogP contribution in [-0.2, 0) is 4.79 Å². The molecule has 0 saturated carbocycles. The molecule has 122 valence electrons. The molecule has 0 unspecified atom stereocenters. The molecule has 2 aromatic rings. The molecule has 0 bridgehead atoms. The van der Waals surface area contributed by atoms with Crippen LogP contribution in [0.5, 0.6) is 0 Å². The van der Waals surface area contributed by atoms with Gasteiger partial charge in [-0.15, -0.1) is 12.6 Å². The van der Waals surface area contributed by atoms with Gasteiger partial charge in [0.15, 0.2) is 5.78 Å². The third kappa shape index (κ3) is 5.20. The standard InChI is InChI=1S/C16H11BrF3NOS.K.H/c1-8(22)14(10-6-5-9(18)7-11(10)17)16(23)21-15-12(19)3-2-4-13(15)20;;/h2-7,21,23H,1H3;;. The SMILES string of the molecule is CC(=O)C(=C(S)Nc1c(F)cccc1F)c1ccc(F)cc1Br.[KH]. The quantitative estimate of drug-likeness (QED) is 0.414. The molecule has 1 N–H and O–H groups in total. The van der Waals surface area contributed by atoms with E-state index in [1.807, 2.05) is 0 Å². The summed E-state index contributed by atoms with van der Waals surface area (Å²) in [5.41, 5.74) is 0.00509. The van der Waals surface area contributed by atoms with Gasteiger partial charge in [0.2, 0.25) is 0 Å². The van der Waals surface area contributed by atoms with E-state index in [1.54, 1.807) is 0 Å². The first kappa shape index (κ1) is 21.9. The third-order valence-electron chi connectivity index (χ3n) is 3.00. The van der Waals surface area contributed by atoms with Gasteiger partial charge < -0.3 is 5.32 Å². The number of nitrogens with one attached hydrogen (secondary N) is 1. The fourth-order valence-electron chi connectivity index (χ4n) is 1.97. The predicted molar refractivity (Wildman–Crippen MR) is 97.8 cm³/mol. The summed E-state index contributed by atoms with van der Waals surface area (Å²) in [6, 6.07) is 7.12. The number of allylic oxidation sites excluding steroid dienone is 1. The van der Waals surface area contributed by atoms with E-state index >= 15 is 0 Å². The zero-order valence-corrected chi connectivity index (χ0v) is 14.3. The van der Waals surface area contributed by atoms with Crippen molar-refractivity contribution in [1.82, 2.24) is 0 Å². The van der Waals surface area contributed by atoms with Crippen LogP contribution in [0.3, 0.4) is 0 Å². The number of carbonyl (C=O) groups excluding carboxylic acids is 1. The summed E-state index contributed by atoms with van der Waals surface area (Å²) in [6.45, 7) is 1.28. The minimum absolute atomic E-state index is 0. The normalized spacial score (nSPS) is 11.4. The van der Waals surface area contributed by atoms with Crippen LogP contribution in [0, 0.1) is 17.5 Å². The molecule has 0 spiro atoms. The van der Waals surface area contributed by atoms with Gasteiger partial charge >= 0.3 is 51.4 Å². The van der Waals surface area contributed by atoms with Crippen molar-refractivity contribution in [2.24, 2.45) is 0 Å². The van der Waals surface area contributed by atoms with E-state index in [9.17, 15) is 18.0 Å². The Morgan fingerprint density at radius 3 is 2.21 bits per heavy atom. The summed E-state index contributed by atoms with van der Waals surface area (Å²) in [7, 11) is 0. The van der Waals surface area contributed by atoms with Crippen molar-refractivity contribution in [3.05, 3.63) is 68.9 Å². The van der Waals surface area contributed by atoms with Gasteiger partial charge in [-0.2, -0.15) is 0 Å². The molecule has 0 heterocycles. The Kier molecular flexibility index (Phi) is 8.74. The summed E-state index contributed by atoms with van der Waals surface area (Å²) in [5, 5.41) is 2.41. The number of hydrogen-bond acceptors (Lipinski definition) is 3. The second kappa shape index (κ2) is 9.56. The molecule has 0 aliphatic carbocycles. The Hall–Kier alpha value is -0.0936. The van der Waals surface area contributed by atoms with E-state index in [0.29, 0.717) is 10.0 Å². The molecule has 0 fully saturated rings. The van der Waals surface area contributed by atoms with Gasteiger partial charge in [-0.25, -0.2) is 13.2 Å². The molecule has 0 atom stereocenters. The average molecular weight is 442 g/mol. The number of halogens is 4. The molecule has 0 aromatic heterocycles. The number of rotatable bonds is 4. The molecule has 0 amide bonds. The fraction of sp³-hybridized carbons (Fsp3) is 0.0625. The van der Waals surface area contributed by atoms with Gasteiger partial charge in [-0.05, 0) is 31.2 Å². The predicted octanol–water partition coefficient (Wildman–Crippen LogP) is 4.52. The molecule has 2 rings (SSSR count). The summed E-state index contributed by atoms with van der Waals surface area (Å²) < 4.78 is 40.9. The molecule has 8 heteroatoms. The second-order valence-electron chi connectivity index (χ2n) is 4.63. The van der Waals surface area contributed by atoms with E-state index in [0.717, 1.165) is 12.1 Å². The van der Waals surface area contributed by atoms with Crippen LogP contribution in [0.15, 0.2) is 45.9 Å². The van der Waals surface area contributed by atoms with Crippen molar-refractivity contribution < 1.29 is 18.0 Å². The van der Waals surface area contributed by atoms with Gasteiger partial charge in [0, 0.05) is 10.0 Å². The van der Waals surface area contributed by atoms with Crippen LogP contribution >= 0.6 is 28.6 Å². The van der Waals surface area contributed by atoms with Gasteiger partial charge in [0.25, 0.3) is 0 Å². The third-order valence-corrected chi connectivity index (χ3v) is 3.99. The van der Waals surface area contributed by atoms with Gasteiger partial charge in [-0.3, -0.25) is 4.79 Å². The molecule has 0 saturated heterocycles. The summed E-state index contributed by atoms with van der Waals surface area (Å²) in [6.07, 6.45) is 0. The summed E-state index contributed by atoms with van der Waals surface area (Å²) in [4.78, 5) is 11.9. The first-order chi connectivity index (χ1) is 10.8. The van der Waals surface area contributed by atoms with Gasteiger partial charge in [0.05, 0.1) is 10.6 Å². The van der Waals surface area contributed by atoms with E-state index in [-0.39, 0.29) is 62.0 Å². The van der Waals surface area contributed by atoms with Crippen LogP contribution in [0.25, 0.3) is 5.57 Å². The van der Waals surface area contributed by atoms with Crippen molar-refractivity contribution in [2.75, 3.05) is 5.32 Å². The Bertz CT molecular complexity index is 794. The summed E-state index contributed by atoms with van der Waals surface area (Å²) >= 11 is 7.32. The Labute approximate surface area is 193 Å². The molecule has 2 nitrogen and oxygen atoms in total. The molecule has 0 aliphatic rings. The second-order valence-corrected chi connectivity index (χ2v) is 5.93. The van der Waals surface area contributed by atoms with Crippen LogP contribution < -0.4 is 5.32 Å². The van der Waals surface area contributed by atoms with E-state index in [1.165, 1.54) is 31.2 Å². The molecular formula is C16H12BrF3KNOS. The van der Waals surface area contributed by atoms with Crippen LogP contribution in [0.2, 0.25) is 0 Å². The number of para-hydroxylation sites is 1. The number of benzene rings is 2. The van der Waals surface area contributed by atoms with Crippen molar-refractivity contribution in [3.63, 3.8) is 0 Å². The van der Waals surface area contributed by atoms with Crippen molar-refractivity contribution in [2.45, 2.75) is 6.92 Å². The maximum absolute atomic E-state index is 13.7. The van der Waals surface area contributed by atoms with Crippen molar-refractivity contribution >= 4 is 97.0 Å². The number of anilines is 1. The van der Waals surface area contributed by atoms with E-state index in [4.69, 9.17) is 0 Å². The van der Waals surface area contributed by atoms with Gasteiger partial charge in [0.1, 0.15) is 23.1 Å². The molecule has 2 aromatic carbocycles. The van der Waals surface area contributed by atoms with Crippen LogP contribution in [-0.4, -0.2) is 57.2 Å². The number of hydrogen-bond donors (Lipinski definition) is 2. The van der Waals surface area contributed by atoms with Crippen molar-refractivity contribution in [3.8, 4) is 0 Å². The van der Waals surface area contributed by atoms with Crippen molar-refractivity contribution in [1.29, 1.82) is 0 Å². The zero-order valence-electron chi connectivity index (χ0n) is 11.8. The fourth-order valence-corrected chi connectivity index (χ4v) is 2.91. The molecular weight excluding hydrogens is 430 g/mol. The molecule has 0 radical (unpaired) electrons. The van der Waals surface area contributed by atoms with Crippen LogP contribution in [0.4, 0.5) is 18.9 Å². The monoisotopic (exact) mass is 441 g/mol. The summed E-state index contributed by atoms with van der Waals surface area (Å²) in [5.74, 6) is -2.53. The number of carbonyl (C=O) groups is 1. The maximum atomic E-state index is 13.7. The van der Waals surface area contributed by atoms with E-state index < -0.39 is 28.9 Å². The minimum atomic E-state index is -0.822. The number of Topliss-reactive ketones (excluding diaryl/α,β-unsaturated/α-hetero) is 1. The van der Waals surface area contributed by atoms with E-state index in [2.05, 4.69) is 33.9 Å². The number of ketones is 1. The van der Waals surface area contributed by atoms with Gasteiger partial charge in [-0.1, -0.05) is 28.1 Å². The number of thiol groups is 1. The van der Waals surface area contributed by atoms with Crippen LogP contribution in [0.1, 0.15) is 12.5 Å². The first-order valence-electron chi connectivity index (χ1n) is 6.42. The average Bonchev–Trinajstić information content (AvgIpc) is 2.45. The molecule has 24 heavy (non-hydrogen) atoms. The Morgan fingerprint density at radius 2 is 1.71 bits per heavy atom. The zero-order chi connectivity index (χ0) is 17.1. The Balaban J connectivity index is 0.00000288. The first-order valence-corrected chi connectivity index (χ1v) is 7.66. The molecule has 0 aliphatic heterocycles. The topological polar surface area (TPSA) is 29.1 Å².